The fourth-order valence-electron chi connectivity index (χ4n) is 2.30. The molecule has 1 unspecified atom stereocenters. The monoisotopic (exact) mass is 324 g/mol. The third kappa shape index (κ3) is 3.64. The van der Waals surface area contributed by atoms with Crippen LogP contribution in [0.5, 0.6) is 0 Å². The quantitative estimate of drug-likeness (QED) is 0.812. The lowest BCUT2D eigenvalue weighted by Crippen LogP contribution is -2.37. The second-order valence-corrected chi connectivity index (χ2v) is 7.63. The van der Waals surface area contributed by atoms with E-state index in [2.05, 4.69) is 43.3 Å². The topological polar surface area (TPSA) is 74.3 Å². The first-order chi connectivity index (χ1) is 10.2. The van der Waals surface area contributed by atoms with Crippen molar-refractivity contribution in [1.82, 2.24) is 20.5 Å². The Kier molecular flexibility index (Phi) is 4.87. The lowest BCUT2D eigenvalue weighted by molar-refractivity contribution is -0.124. The first kappa shape index (κ1) is 16.9. The molecule has 1 aromatic rings. The molecule has 6 nitrogen and oxygen atoms in total. The number of nitrogens with one attached hydrogen (secondary N) is 2. The lowest BCUT2D eigenvalue weighted by Gasteiger charge is -2.17. The third-order valence-corrected chi connectivity index (χ3v) is 5.36. The Balaban J connectivity index is 1.92. The highest BCUT2D eigenvalue weighted by atomic mass is 32.1. The van der Waals surface area contributed by atoms with Crippen LogP contribution in [0, 0.1) is 6.92 Å². The van der Waals surface area contributed by atoms with Gasteiger partial charge in [-0.1, -0.05) is 20.8 Å². The lowest BCUT2D eigenvalue weighted by atomic mass is 9.98. The van der Waals surface area contributed by atoms with Crippen LogP contribution in [0.25, 0.3) is 0 Å². The number of carbonyl (C=O) groups excluding carboxylic acids is 2. The highest BCUT2D eigenvalue weighted by molar-refractivity contribution is 7.12. The van der Waals surface area contributed by atoms with Gasteiger partial charge in [0.2, 0.25) is 5.91 Å². The number of rotatable bonds is 5. The number of aromatic nitrogens is 1. The molecular weight excluding hydrogens is 300 g/mol. The van der Waals surface area contributed by atoms with Crippen molar-refractivity contribution >= 4 is 23.3 Å². The second-order valence-electron chi connectivity index (χ2n) is 6.60. The molecule has 1 saturated heterocycles. The first-order valence-electron chi connectivity index (χ1n) is 7.49. The van der Waals surface area contributed by atoms with E-state index in [-0.39, 0.29) is 29.9 Å². The molecule has 2 heterocycles. The average Bonchev–Trinajstić information content (AvgIpc) is 2.95. The standard InChI is InChI=1S/C15H24N4O2S/c1-9(12-10(2)18-13(22-12)15(3,4)5)16-6-7-19-11(20)8-17-14(19)21/h9,16H,6-8H2,1-5H3,(H,17,21). The third-order valence-electron chi connectivity index (χ3n) is 3.59. The van der Waals surface area contributed by atoms with Gasteiger partial charge in [-0.25, -0.2) is 9.78 Å². The molecule has 0 aliphatic carbocycles. The van der Waals surface area contributed by atoms with Gasteiger partial charge in [0.15, 0.2) is 0 Å². The Labute approximate surface area is 135 Å². The van der Waals surface area contributed by atoms with Crippen molar-refractivity contribution in [3.05, 3.63) is 15.6 Å². The fraction of sp³-hybridized carbons (Fsp3) is 0.667. The highest BCUT2D eigenvalue weighted by Crippen LogP contribution is 2.32. The predicted octanol–water partition coefficient (Wildman–Crippen LogP) is 1.95. The van der Waals surface area contributed by atoms with Crippen LogP contribution in [-0.4, -0.2) is 41.5 Å². The molecule has 0 saturated carbocycles. The van der Waals surface area contributed by atoms with E-state index in [0.29, 0.717) is 13.1 Å². The van der Waals surface area contributed by atoms with E-state index in [1.807, 2.05) is 6.92 Å². The summed E-state index contributed by atoms with van der Waals surface area (Å²) in [6.45, 7) is 11.6. The molecule has 0 aromatic carbocycles. The number of imide groups is 1. The largest absolute Gasteiger partial charge is 0.329 e. The molecule has 3 amide bonds. The molecule has 22 heavy (non-hydrogen) atoms. The number of nitrogens with zero attached hydrogens (tertiary/aromatic N) is 2. The number of amides is 3. The Bertz CT molecular complexity index is 561. The van der Waals surface area contributed by atoms with Crippen LogP contribution in [0.15, 0.2) is 0 Å². The summed E-state index contributed by atoms with van der Waals surface area (Å²) in [6, 6.07) is -0.155. The van der Waals surface area contributed by atoms with Gasteiger partial charge in [0.1, 0.15) is 0 Å². The van der Waals surface area contributed by atoms with E-state index in [1.54, 1.807) is 11.3 Å². The summed E-state index contributed by atoms with van der Waals surface area (Å²) >= 11 is 1.72. The minimum Gasteiger partial charge on any atom is -0.329 e. The average molecular weight is 324 g/mol. The van der Waals surface area contributed by atoms with Gasteiger partial charge in [0.25, 0.3) is 0 Å². The number of aryl methyl sites for hydroxylation is 1. The maximum atomic E-state index is 11.5. The molecule has 1 aliphatic heterocycles. The Hall–Kier alpha value is -1.47. The Morgan fingerprint density at radius 1 is 1.41 bits per heavy atom. The number of urea groups is 1. The molecule has 2 N–H and O–H groups in total. The first-order valence-corrected chi connectivity index (χ1v) is 8.31. The van der Waals surface area contributed by atoms with E-state index >= 15 is 0 Å². The van der Waals surface area contributed by atoms with Gasteiger partial charge < -0.3 is 10.6 Å². The van der Waals surface area contributed by atoms with Gasteiger partial charge in [-0.3, -0.25) is 9.69 Å². The smallest absolute Gasteiger partial charge is 0.324 e. The molecule has 7 heteroatoms. The normalized spacial score (nSPS) is 17.0. The van der Waals surface area contributed by atoms with E-state index in [4.69, 9.17) is 0 Å². The van der Waals surface area contributed by atoms with Crippen LogP contribution < -0.4 is 10.6 Å². The molecule has 1 aliphatic rings. The summed E-state index contributed by atoms with van der Waals surface area (Å²) in [7, 11) is 0. The molecular formula is C15H24N4O2S. The summed E-state index contributed by atoms with van der Waals surface area (Å²) in [5.41, 5.74) is 1.10. The second kappa shape index (κ2) is 6.34. The van der Waals surface area contributed by atoms with E-state index in [0.717, 1.165) is 10.7 Å². The van der Waals surface area contributed by atoms with Crippen LogP contribution in [0.2, 0.25) is 0 Å². The molecule has 0 spiro atoms. The van der Waals surface area contributed by atoms with Crippen molar-refractivity contribution in [3.8, 4) is 0 Å². The van der Waals surface area contributed by atoms with Gasteiger partial charge in [0.05, 0.1) is 17.2 Å². The van der Waals surface area contributed by atoms with Gasteiger partial charge >= 0.3 is 6.03 Å². The molecule has 2 rings (SSSR count). The van der Waals surface area contributed by atoms with Gasteiger partial charge in [-0.2, -0.15) is 0 Å². The molecule has 1 atom stereocenters. The minimum atomic E-state index is -0.302. The zero-order valence-electron chi connectivity index (χ0n) is 13.8. The van der Waals surface area contributed by atoms with Gasteiger partial charge in [-0.15, -0.1) is 11.3 Å². The molecule has 1 aromatic heterocycles. The van der Waals surface area contributed by atoms with Crippen LogP contribution in [0.3, 0.4) is 0 Å². The molecule has 0 bridgehead atoms. The van der Waals surface area contributed by atoms with E-state index < -0.39 is 0 Å². The summed E-state index contributed by atoms with van der Waals surface area (Å²) in [4.78, 5) is 30.1. The number of hydrogen-bond donors (Lipinski definition) is 2. The molecule has 122 valence electrons. The maximum Gasteiger partial charge on any atom is 0.324 e. The summed E-state index contributed by atoms with van der Waals surface area (Å²) in [5.74, 6) is -0.163. The SMILES string of the molecule is Cc1nc(C(C)(C)C)sc1C(C)NCCN1C(=O)CNC1=O. The summed E-state index contributed by atoms with van der Waals surface area (Å²) < 4.78 is 0. The van der Waals surface area contributed by atoms with Crippen molar-refractivity contribution in [2.24, 2.45) is 0 Å². The minimum absolute atomic E-state index is 0.0491. The van der Waals surface area contributed by atoms with Crippen molar-refractivity contribution < 1.29 is 9.59 Å². The van der Waals surface area contributed by atoms with Gasteiger partial charge in [-0.05, 0) is 13.8 Å². The van der Waals surface area contributed by atoms with Crippen LogP contribution >= 0.6 is 11.3 Å². The predicted molar refractivity (Wildman–Crippen MR) is 87.1 cm³/mol. The molecule has 1 fully saturated rings. The number of thiazole rings is 1. The summed E-state index contributed by atoms with van der Waals surface area (Å²) in [6.07, 6.45) is 0. The van der Waals surface area contributed by atoms with E-state index in [1.165, 1.54) is 9.78 Å². The molecule has 0 radical (unpaired) electrons. The van der Waals surface area contributed by atoms with Crippen LogP contribution in [0.1, 0.15) is 49.3 Å². The maximum absolute atomic E-state index is 11.5. The Morgan fingerprint density at radius 3 is 2.59 bits per heavy atom. The fourth-order valence-corrected chi connectivity index (χ4v) is 3.45. The Morgan fingerprint density at radius 2 is 2.09 bits per heavy atom. The van der Waals surface area contributed by atoms with Crippen molar-refractivity contribution in [1.29, 1.82) is 0 Å². The van der Waals surface area contributed by atoms with Crippen LogP contribution in [-0.2, 0) is 10.2 Å². The van der Waals surface area contributed by atoms with Crippen molar-refractivity contribution in [3.63, 3.8) is 0 Å². The van der Waals surface area contributed by atoms with Crippen molar-refractivity contribution in [2.45, 2.75) is 46.1 Å². The summed E-state index contributed by atoms with van der Waals surface area (Å²) in [5, 5.41) is 7.02. The van der Waals surface area contributed by atoms with E-state index in [9.17, 15) is 9.59 Å². The van der Waals surface area contributed by atoms with Crippen LogP contribution in [0.4, 0.5) is 4.79 Å². The van der Waals surface area contributed by atoms with Crippen molar-refractivity contribution in [2.75, 3.05) is 19.6 Å². The zero-order valence-corrected chi connectivity index (χ0v) is 14.6. The highest BCUT2D eigenvalue weighted by Gasteiger charge is 2.28. The number of carbonyl (C=O) groups is 2. The zero-order chi connectivity index (χ0) is 16.5. The van der Waals surface area contributed by atoms with Gasteiger partial charge in [0, 0.05) is 29.4 Å². The number of hydrogen-bond acceptors (Lipinski definition) is 5.